The molecule has 2 aromatic rings. The average Bonchev–Trinajstić information content (AvgIpc) is 2.71. The van der Waals surface area contributed by atoms with Gasteiger partial charge in [0.1, 0.15) is 5.71 Å². The van der Waals surface area contributed by atoms with Gasteiger partial charge in [-0.25, -0.2) is 4.99 Å². The monoisotopic (exact) mass is 406 g/mol. The summed E-state index contributed by atoms with van der Waals surface area (Å²) in [6.45, 7) is 2.59. The normalized spacial score (nSPS) is 15.7. The average molecular weight is 408 g/mol. The van der Waals surface area contributed by atoms with Crippen LogP contribution in [0.25, 0.3) is 0 Å². The van der Waals surface area contributed by atoms with Crippen LogP contribution in [0.2, 0.25) is 0 Å². The second-order valence-electron chi connectivity index (χ2n) is 4.65. The lowest BCUT2D eigenvalue weighted by molar-refractivity contribution is -0.112. The molecule has 0 aliphatic carbocycles. The summed E-state index contributed by atoms with van der Waals surface area (Å²) < 4.78 is 1.88. The summed E-state index contributed by atoms with van der Waals surface area (Å²) >= 11 is 6.88. The van der Waals surface area contributed by atoms with Crippen LogP contribution in [0.3, 0.4) is 0 Å². The fraction of sp³-hybridized carbons (Fsp3) is 0.125. The fourth-order valence-electron chi connectivity index (χ4n) is 2.38. The standard InChI is InChI=1S/C16H12Br2N2O/c1-2-20-14-7-6-11(18)9-13(14)15(16(20)21)19-12-5-3-4-10(17)8-12/h3-9H,2H2,1H3. The van der Waals surface area contributed by atoms with Gasteiger partial charge >= 0.3 is 0 Å². The zero-order chi connectivity index (χ0) is 15.0. The third-order valence-corrected chi connectivity index (χ3v) is 4.30. The van der Waals surface area contributed by atoms with Crippen molar-refractivity contribution in [2.24, 2.45) is 4.99 Å². The molecule has 5 heteroatoms. The van der Waals surface area contributed by atoms with Crippen LogP contribution in [-0.2, 0) is 4.79 Å². The molecule has 0 unspecified atom stereocenters. The molecule has 1 aliphatic rings. The Kier molecular flexibility index (Phi) is 3.95. The van der Waals surface area contributed by atoms with Gasteiger partial charge < -0.3 is 4.90 Å². The van der Waals surface area contributed by atoms with Crippen molar-refractivity contribution in [3.05, 3.63) is 57.0 Å². The number of fused-ring (bicyclic) bond motifs is 1. The number of aliphatic imine (C=N–C) groups is 1. The Morgan fingerprint density at radius 3 is 2.57 bits per heavy atom. The van der Waals surface area contributed by atoms with Crippen molar-refractivity contribution in [1.82, 2.24) is 0 Å². The predicted molar refractivity (Wildman–Crippen MR) is 92.5 cm³/mol. The number of amides is 1. The number of rotatable bonds is 2. The Balaban J connectivity index is 2.15. The van der Waals surface area contributed by atoms with Crippen LogP contribution >= 0.6 is 31.9 Å². The minimum atomic E-state index is -0.0504. The van der Waals surface area contributed by atoms with E-state index in [1.54, 1.807) is 4.90 Å². The third kappa shape index (κ3) is 2.68. The van der Waals surface area contributed by atoms with Crippen LogP contribution in [0.5, 0.6) is 0 Å². The van der Waals surface area contributed by atoms with E-state index in [1.165, 1.54) is 0 Å². The summed E-state index contributed by atoms with van der Waals surface area (Å²) in [5.41, 5.74) is 3.04. The van der Waals surface area contributed by atoms with E-state index in [2.05, 4.69) is 36.9 Å². The molecule has 0 saturated carbocycles. The van der Waals surface area contributed by atoms with E-state index < -0.39 is 0 Å². The van der Waals surface area contributed by atoms with Crippen molar-refractivity contribution in [1.29, 1.82) is 0 Å². The third-order valence-electron chi connectivity index (χ3n) is 3.32. The molecule has 0 N–H and O–H groups in total. The smallest absolute Gasteiger partial charge is 0.277 e. The molecule has 1 aliphatic heterocycles. The second kappa shape index (κ2) is 5.73. The van der Waals surface area contributed by atoms with Crippen molar-refractivity contribution in [3.8, 4) is 0 Å². The molecular formula is C16H12Br2N2O. The fourth-order valence-corrected chi connectivity index (χ4v) is 3.13. The molecular weight excluding hydrogens is 396 g/mol. The Hall–Kier alpha value is -1.46. The molecule has 21 heavy (non-hydrogen) atoms. The molecule has 0 fully saturated rings. The molecule has 106 valence electrons. The Bertz CT molecular complexity index is 756. The highest BCUT2D eigenvalue weighted by Gasteiger charge is 2.32. The van der Waals surface area contributed by atoms with Crippen LogP contribution in [0.15, 0.2) is 56.4 Å². The second-order valence-corrected chi connectivity index (χ2v) is 6.48. The van der Waals surface area contributed by atoms with Crippen molar-refractivity contribution < 1.29 is 4.79 Å². The number of benzene rings is 2. The molecule has 1 amide bonds. The molecule has 3 nitrogen and oxygen atoms in total. The summed E-state index contributed by atoms with van der Waals surface area (Å²) in [5, 5.41) is 0. The summed E-state index contributed by atoms with van der Waals surface area (Å²) in [7, 11) is 0. The highest BCUT2D eigenvalue weighted by molar-refractivity contribution is 9.10. The van der Waals surface area contributed by atoms with Gasteiger partial charge in [-0.15, -0.1) is 0 Å². The maximum Gasteiger partial charge on any atom is 0.277 e. The van der Waals surface area contributed by atoms with Gasteiger partial charge in [-0.1, -0.05) is 37.9 Å². The lowest BCUT2D eigenvalue weighted by atomic mass is 10.1. The van der Waals surface area contributed by atoms with E-state index in [-0.39, 0.29) is 5.91 Å². The first-order valence-electron chi connectivity index (χ1n) is 6.56. The van der Waals surface area contributed by atoms with E-state index in [0.29, 0.717) is 12.3 Å². The SMILES string of the molecule is CCN1C(=O)C(=Nc2cccc(Br)c2)c2cc(Br)ccc21. The molecule has 0 bridgehead atoms. The van der Waals surface area contributed by atoms with Gasteiger partial charge in [0.25, 0.3) is 5.91 Å². The molecule has 0 atom stereocenters. The highest BCUT2D eigenvalue weighted by Crippen LogP contribution is 2.33. The minimum Gasteiger partial charge on any atom is -0.307 e. The molecule has 0 spiro atoms. The van der Waals surface area contributed by atoms with Crippen LogP contribution < -0.4 is 4.90 Å². The van der Waals surface area contributed by atoms with Crippen molar-refractivity contribution in [2.45, 2.75) is 6.92 Å². The van der Waals surface area contributed by atoms with E-state index in [1.807, 2.05) is 49.4 Å². The van der Waals surface area contributed by atoms with Gasteiger partial charge in [0, 0.05) is 21.1 Å². The molecule has 0 radical (unpaired) electrons. The van der Waals surface area contributed by atoms with Crippen LogP contribution in [0.4, 0.5) is 11.4 Å². The van der Waals surface area contributed by atoms with E-state index in [0.717, 1.165) is 25.9 Å². The zero-order valence-electron chi connectivity index (χ0n) is 11.3. The summed E-state index contributed by atoms with van der Waals surface area (Å²) in [5.74, 6) is -0.0504. The molecule has 2 aromatic carbocycles. The van der Waals surface area contributed by atoms with Gasteiger partial charge in [0.05, 0.1) is 11.4 Å². The number of carbonyl (C=O) groups excluding carboxylic acids is 1. The lowest BCUT2D eigenvalue weighted by Crippen LogP contribution is -2.29. The molecule has 3 rings (SSSR count). The number of carbonyl (C=O) groups is 1. The van der Waals surface area contributed by atoms with Gasteiger partial charge in [0.15, 0.2) is 0 Å². The van der Waals surface area contributed by atoms with Gasteiger partial charge in [-0.05, 0) is 43.3 Å². The minimum absolute atomic E-state index is 0.0504. The number of hydrogen-bond donors (Lipinski definition) is 0. The topological polar surface area (TPSA) is 32.7 Å². The van der Waals surface area contributed by atoms with E-state index in [9.17, 15) is 4.79 Å². The van der Waals surface area contributed by atoms with Crippen LogP contribution in [0, 0.1) is 0 Å². The first-order valence-corrected chi connectivity index (χ1v) is 8.15. The number of hydrogen-bond acceptors (Lipinski definition) is 2. The van der Waals surface area contributed by atoms with Crippen LogP contribution in [-0.4, -0.2) is 18.2 Å². The predicted octanol–water partition coefficient (Wildman–Crippen LogP) is 4.70. The zero-order valence-corrected chi connectivity index (χ0v) is 14.5. The van der Waals surface area contributed by atoms with Crippen molar-refractivity contribution in [2.75, 3.05) is 11.4 Å². The summed E-state index contributed by atoms with van der Waals surface area (Å²) in [6, 6.07) is 13.5. The van der Waals surface area contributed by atoms with Gasteiger partial charge in [-0.3, -0.25) is 4.79 Å². The number of likely N-dealkylation sites (N-methyl/N-ethyl adjacent to an activating group) is 1. The Labute approximate surface area is 139 Å². The van der Waals surface area contributed by atoms with Crippen LogP contribution in [0.1, 0.15) is 12.5 Å². The van der Waals surface area contributed by atoms with E-state index in [4.69, 9.17) is 0 Å². The Morgan fingerprint density at radius 2 is 1.86 bits per heavy atom. The summed E-state index contributed by atoms with van der Waals surface area (Å²) in [4.78, 5) is 18.9. The Morgan fingerprint density at radius 1 is 1.10 bits per heavy atom. The molecule has 1 heterocycles. The maximum absolute atomic E-state index is 12.6. The highest BCUT2D eigenvalue weighted by atomic mass is 79.9. The van der Waals surface area contributed by atoms with Crippen molar-refractivity contribution >= 4 is 54.9 Å². The largest absolute Gasteiger partial charge is 0.307 e. The number of halogens is 2. The number of anilines is 1. The summed E-state index contributed by atoms with van der Waals surface area (Å²) in [6.07, 6.45) is 0. The van der Waals surface area contributed by atoms with Gasteiger partial charge in [0.2, 0.25) is 0 Å². The maximum atomic E-state index is 12.6. The lowest BCUT2D eigenvalue weighted by Gasteiger charge is -2.13. The quantitative estimate of drug-likeness (QED) is 0.710. The first-order chi connectivity index (χ1) is 10.1. The number of nitrogens with zero attached hydrogens (tertiary/aromatic N) is 2. The molecule has 0 aromatic heterocycles. The van der Waals surface area contributed by atoms with E-state index >= 15 is 0 Å². The first kappa shape index (κ1) is 14.5. The van der Waals surface area contributed by atoms with Crippen molar-refractivity contribution in [3.63, 3.8) is 0 Å². The van der Waals surface area contributed by atoms with Gasteiger partial charge in [-0.2, -0.15) is 0 Å². The molecule has 0 saturated heterocycles.